The Morgan fingerprint density at radius 1 is 1.50 bits per heavy atom. The summed E-state index contributed by atoms with van der Waals surface area (Å²) in [6, 6.07) is 4.67. The number of benzene rings is 1. The van der Waals surface area contributed by atoms with Gasteiger partial charge in [0.2, 0.25) is 0 Å². The molecular weight excluding hydrogens is 218 g/mol. The largest absolute Gasteiger partial charge is 0.481 e. The molecule has 1 aromatic carbocycles. The van der Waals surface area contributed by atoms with Gasteiger partial charge >= 0.3 is 12.6 Å². The molecule has 0 saturated heterocycles. The number of aryl methyl sites for hydroxylation is 2. The first kappa shape index (κ1) is 12.4. The molecule has 0 aromatic heterocycles. The fourth-order valence-electron chi connectivity index (χ4n) is 1.35. The summed E-state index contributed by atoms with van der Waals surface area (Å²) >= 11 is 0. The third-order valence-electron chi connectivity index (χ3n) is 2.08. The van der Waals surface area contributed by atoms with Gasteiger partial charge in [-0.05, 0) is 30.5 Å². The SMILES string of the molecule is Cc1cc(CCC(=O)O)ccc1OC(F)F. The van der Waals surface area contributed by atoms with Crippen molar-refractivity contribution in [3.63, 3.8) is 0 Å². The lowest BCUT2D eigenvalue weighted by Crippen LogP contribution is -2.04. The molecule has 0 aliphatic rings. The Morgan fingerprint density at radius 2 is 2.19 bits per heavy atom. The lowest BCUT2D eigenvalue weighted by Gasteiger charge is -2.09. The van der Waals surface area contributed by atoms with E-state index in [2.05, 4.69) is 4.74 Å². The maximum absolute atomic E-state index is 12.0. The number of ether oxygens (including phenoxy) is 1. The van der Waals surface area contributed by atoms with Crippen LogP contribution in [0.15, 0.2) is 18.2 Å². The molecule has 1 aromatic rings. The summed E-state index contributed by atoms with van der Waals surface area (Å²) in [5.41, 5.74) is 1.37. The number of halogens is 2. The van der Waals surface area contributed by atoms with E-state index in [9.17, 15) is 13.6 Å². The van der Waals surface area contributed by atoms with Crippen LogP contribution in [0.25, 0.3) is 0 Å². The number of carboxylic acids is 1. The highest BCUT2D eigenvalue weighted by Crippen LogP contribution is 2.21. The highest BCUT2D eigenvalue weighted by atomic mass is 19.3. The molecule has 1 rings (SSSR count). The first-order valence-electron chi connectivity index (χ1n) is 4.75. The smallest absolute Gasteiger partial charge is 0.387 e. The first-order chi connectivity index (χ1) is 7.49. The van der Waals surface area contributed by atoms with Crippen LogP contribution in [0.5, 0.6) is 5.75 Å². The zero-order chi connectivity index (χ0) is 12.1. The Bertz CT molecular complexity index is 377. The predicted molar refractivity (Wildman–Crippen MR) is 53.8 cm³/mol. The van der Waals surface area contributed by atoms with Crippen molar-refractivity contribution in [2.24, 2.45) is 0 Å². The van der Waals surface area contributed by atoms with Gasteiger partial charge in [-0.15, -0.1) is 0 Å². The van der Waals surface area contributed by atoms with Crippen LogP contribution in [0.4, 0.5) is 8.78 Å². The molecule has 0 aliphatic heterocycles. The fourth-order valence-corrected chi connectivity index (χ4v) is 1.35. The quantitative estimate of drug-likeness (QED) is 0.845. The zero-order valence-electron chi connectivity index (χ0n) is 8.74. The summed E-state index contributed by atoms with van der Waals surface area (Å²) in [4.78, 5) is 10.3. The van der Waals surface area contributed by atoms with E-state index in [0.29, 0.717) is 12.0 Å². The van der Waals surface area contributed by atoms with E-state index in [1.54, 1.807) is 19.1 Å². The number of carboxylic acid groups (broad SMARTS) is 1. The van der Waals surface area contributed by atoms with E-state index in [0.717, 1.165) is 5.56 Å². The van der Waals surface area contributed by atoms with E-state index >= 15 is 0 Å². The van der Waals surface area contributed by atoms with Crippen LogP contribution in [0, 0.1) is 6.92 Å². The number of aliphatic carboxylic acids is 1. The van der Waals surface area contributed by atoms with Crippen molar-refractivity contribution >= 4 is 5.97 Å². The number of rotatable bonds is 5. The van der Waals surface area contributed by atoms with Gasteiger partial charge in [0, 0.05) is 6.42 Å². The summed E-state index contributed by atoms with van der Waals surface area (Å²) in [5, 5.41) is 8.49. The Hall–Kier alpha value is -1.65. The normalized spacial score (nSPS) is 10.5. The molecule has 0 spiro atoms. The number of carbonyl (C=O) groups is 1. The lowest BCUT2D eigenvalue weighted by molar-refractivity contribution is -0.136. The highest BCUT2D eigenvalue weighted by Gasteiger charge is 2.08. The molecule has 0 amide bonds. The van der Waals surface area contributed by atoms with Crippen LogP contribution in [0.2, 0.25) is 0 Å². The topological polar surface area (TPSA) is 46.5 Å². The van der Waals surface area contributed by atoms with Crippen molar-refractivity contribution in [2.45, 2.75) is 26.4 Å². The van der Waals surface area contributed by atoms with Crippen molar-refractivity contribution < 1.29 is 23.4 Å². The van der Waals surface area contributed by atoms with Crippen LogP contribution in [0.3, 0.4) is 0 Å². The van der Waals surface area contributed by atoms with Gasteiger partial charge in [0.05, 0.1) is 0 Å². The van der Waals surface area contributed by atoms with Gasteiger partial charge in [-0.2, -0.15) is 8.78 Å². The Labute approximate surface area is 91.7 Å². The van der Waals surface area contributed by atoms with Crippen LogP contribution in [0.1, 0.15) is 17.5 Å². The molecule has 16 heavy (non-hydrogen) atoms. The van der Waals surface area contributed by atoms with Crippen molar-refractivity contribution in [2.75, 3.05) is 0 Å². The van der Waals surface area contributed by atoms with Crippen LogP contribution < -0.4 is 4.74 Å². The molecule has 88 valence electrons. The third-order valence-corrected chi connectivity index (χ3v) is 2.08. The van der Waals surface area contributed by atoms with E-state index in [1.807, 2.05) is 0 Å². The highest BCUT2D eigenvalue weighted by molar-refractivity contribution is 5.67. The lowest BCUT2D eigenvalue weighted by atomic mass is 10.1. The van der Waals surface area contributed by atoms with Gasteiger partial charge < -0.3 is 9.84 Å². The molecule has 0 fully saturated rings. The predicted octanol–water partition coefficient (Wildman–Crippen LogP) is 2.61. The molecule has 0 saturated carbocycles. The molecule has 1 N–H and O–H groups in total. The van der Waals surface area contributed by atoms with E-state index in [4.69, 9.17) is 5.11 Å². The maximum atomic E-state index is 12.0. The second-order valence-electron chi connectivity index (χ2n) is 3.37. The summed E-state index contributed by atoms with van der Waals surface area (Å²) in [7, 11) is 0. The van der Waals surface area contributed by atoms with Gasteiger partial charge in [-0.1, -0.05) is 12.1 Å². The van der Waals surface area contributed by atoms with Gasteiger partial charge in [-0.3, -0.25) is 4.79 Å². The molecule has 0 heterocycles. The van der Waals surface area contributed by atoms with Crippen molar-refractivity contribution in [1.82, 2.24) is 0 Å². The molecule has 0 bridgehead atoms. The minimum atomic E-state index is -2.84. The summed E-state index contributed by atoms with van der Waals surface area (Å²) in [5.74, 6) is -0.764. The third kappa shape index (κ3) is 3.84. The molecule has 0 aliphatic carbocycles. The minimum absolute atomic E-state index is 0.0223. The molecule has 5 heteroatoms. The Morgan fingerprint density at radius 3 is 2.69 bits per heavy atom. The van der Waals surface area contributed by atoms with Crippen LogP contribution in [-0.4, -0.2) is 17.7 Å². The van der Waals surface area contributed by atoms with Crippen molar-refractivity contribution in [3.8, 4) is 5.75 Å². The Balaban J connectivity index is 2.70. The molecular formula is C11H12F2O3. The number of hydrogen-bond acceptors (Lipinski definition) is 2. The minimum Gasteiger partial charge on any atom is -0.481 e. The number of alkyl halides is 2. The maximum Gasteiger partial charge on any atom is 0.387 e. The standard InChI is InChI=1S/C11H12F2O3/c1-7-6-8(3-5-10(14)15)2-4-9(7)16-11(12)13/h2,4,6,11H,3,5H2,1H3,(H,14,15). The second kappa shape index (κ2) is 5.44. The van der Waals surface area contributed by atoms with E-state index in [1.165, 1.54) is 6.07 Å². The second-order valence-corrected chi connectivity index (χ2v) is 3.37. The molecule has 3 nitrogen and oxygen atoms in total. The van der Waals surface area contributed by atoms with Gasteiger partial charge in [0.1, 0.15) is 5.75 Å². The van der Waals surface area contributed by atoms with Crippen LogP contribution >= 0.6 is 0 Å². The summed E-state index contributed by atoms with van der Waals surface area (Å²) in [6.07, 6.45) is 0.402. The van der Waals surface area contributed by atoms with Gasteiger partial charge in [0.25, 0.3) is 0 Å². The molecule has 0 unspecified atom stereocenters. The average molecular weight is 230 g/mol. The summed E-state index contributed by atoms with van der Waals surface area (Å²) < 4.78 is 28.2. The Kier molecular flexibility index (Phi) is 4.22. The monoisotopic (exact) mass is 230 g/mol. The molecule has 0 atom stereocenters. The van der Waals surface area contributed by atoms with Crippen molar-refractivity contribution in [1.29, 1.82) is 0 Å². The average Bonchev–Trinajstić information content (AvgIpc) is 2.18. The van der Waals surface area contributed by atoms with Gasteiger partial charge in [-0.25, -0.2) is 0 Å². The first-order valence-corrected chi connectivity index (χ1v) is 4.75. The van der Waals surface area contributed by atoms with Crippen LogP contribution in [-0.2, 0) is 11.2 Å². The van der Waals surface area contributed by atoms with E-state index < -0.39 is 12.6 Å². The zero-order valence-corrected chi connectivity index (χ0v) is 8.74. The van der Waals surface area contributed by atoms with Crippen molar-refractivity contribution in [3.05, 3.63) is 29.3 Å². The fraction of sp³-hybridized carbons (Fsp3) is 0.364. The molecule has 0 radical (unpaired) electrons. The summed E-state index contributed by atoms with van der Waals surface area (Å²) in [6.45, 7) is -1.20. The van der Waals surface area contributed by atoms with E-state index in [-0.39, 0.29) is 12.2 Å². The van der Waals surface area contributed by atoms with Gasteiger partial charge in [0.15, 0.2) is 0 Å². The number of hydrogen-bond donors (Lipinski definition) is 1.